The van der Waals surface area contributed by atoms with Crippen LogP contribution < -0.4 is 0 Å². The Balaban J connectivity index is 3.05. The van der Waals surface area contributed by atoms with E-state index in [1.54, 1.807) is 12.1 Å². The van der Waals surface area contributed by atoms with Crippen molar-refractivity contribution in [2.75, 3.05) is 0 Å². The first-order valence-corrected chi connectivity index (χ1v) is 2.32. The van der Waals surface area contributed by atoms with E-state index in [0.717, 1.165) is 0 Å². The fourth-order valence-corrected chi connectivity index (χ4v) is 0.459. The molecule has 1 aliphatic heterocycles. The summed E-state index contributed by atoms with van der Waals surface area (Å²) >= 11 is 0. The lowest BCUT2D eigenvalue weighted by Gasteiger charge is -1.90. The molecule has 0 radical (unpaired) electrons. The van der Waals surface area contributed by atoms with E-state index in [-0.39, 0.29) is 11.5 Å². The van der Waals surface area contributed by atoms with Gasteiger partial charge in [-0.25, -0.2) is 4.99 Å². The van der Waals surface area contributed by atoms with Crippen molar-refractivity contribution in [3.8, 4) is 12.1 Å². The third kappa shape index (κ3) is 0.762. The van der Waals surface area contributed by atoms with Crippen molar-refractivity contribution in [2.45, 2.75) is 0 Å². The molecule has 0 amide bonds. The molecule has 0 fully saturated rings. The number of nitrogens with zero attached hydrogens (tertiary/aromatic N) is 5. The molecular formula is C5N5-. The largest absolute Gasteiger partial charge is 0.462 e. The zero-order chi connectivity index (χ0) is 7.56. The third-order valence-corrected chi connectivity index (χ3v) is 0.847. The highest BCUT2D eigenvalue weighted by Gasteiger charge is 2.04. The summed E-state index contributed by atoms with van der Waals surface area (Å²) < 4.78 is 0. The van der Waals surface area contributed by atoms with Gasteiger partial charge in [0.25, 0.3) is 0 Å². The Morgan fingerprint density at radius 1 is 1.20 bits per heavy atom. The van der Waals surface area contributed by atoms with Gasteiger partial charge in [0.1, 0.15) is 23.7 Å². The maximum atomic E-state index is 8.72. The van der Waals surface area contributed by atoms with Crippen molar-refractivity contribution in [3.63, 3.8) is 0 Å². The van der Waals surface area contributed by atoms with Crippen LogP contribution in [0.3, 0.4) is 0 Å². The summed E-state index contributed by atoms with van der Waals surface area (Å²) in [5.74, 6) is -0.673. The van der Waals surface area contributed by atoms with Gasteiger partial charge in [-0.15, -0.1) is 0 Å². The van der Waals surface area contributed by atoms with Crippen LogP contribution in [0.4, 0.5) is 0 Å². The molecule has 5 nitrogen and oxygen atoms in total. The van der Waals surface area contributed by atoms with Crippen LogP contribution in [-0.4, -0.2) is 17.4 Å². The monoisotopic (exact) mass is 130 g/mol. The Bertz CT molecular complexity index is 306. The minimum Gasteiger partial charge on any atom is -0.462 e. The van der Waals surface area contributed by atoms with Crippen LogP contribution in [0.2, 0.25) is 0 Å². The molecule has 5 heteroatoms. The Morgan fingerprint density at radius 3 is 2.20 bits per heavy atom. The molecule has 0 saturated heterocycles. The van der Waals surface area contributed by atoms with Gasteiger partial charge < -0.3 is 10.4 Å². The molecule has 0 aliphatic carbocycles. The molecule has 0 aromatic heterocycles. The van der Waals surface area contributed by atoms with E-state index in [1.165, 1.54) is 0 Å². The molecule has 0 saturated carbocycles. The van der Waals surface area contributed by atoms with Crippen LogP contribution in [0.25, 0.3) is 5.41 Å². The first kappa shape index (κ1) is 6.12. The average molecular weight is 130 g/mol. The van der Waals surface area contributed by atoms with Crippen LogP contribution in [0.15, 0.2) is 9.98 Å². The molecule has 0 N–H and O–H groups in total. The highest BCUT2D eigenvalue weighted by Crippen LogP contribution is 1.96. The zero-order valence-electron chi connectivity index (χ0n) is 4.74. The van der Waals surface area contributed by atoms with Gasteiger partial charge >= 0.3 is 0 Å². The molecule has 1 heterocycles. The molecule has 0 aromatic rings. The van der Waals surface area contributed by atoms with Crippen LogP contribution in [-0.2, 0) is 0 Å². The Morgan fingerprint density at radius 2 is 1.90 bits per heavy atom. The number of rotatable bonds is 0. The summed E-state index contributed by atoms with van der Waals surface area (Å²) in [7, 11) is 0. The van der Waals surface area contributed by atoms with Crippen molar-refractivity contribution < 1.29 is 0 Å². The molecule has 10 heavy (non-hydrogen) atoms. The quantitative estimate of drug-likeness (QED) is 0.456. The third-order valence-electron chi connectivity index (χ3n) is 0.847. The van der Waals surface area contributed by atoms with Gasteiger partial charge in [0.2, 0.25) is 0 Å². The summed E-state index contributed by atoms with van der Waals surface area (Å²) in [5.41, 5.74) is -0.212. The average Bonchev–Trinajstić information content (AvgIpc) is 2.30. The molecule has 1 rings (SSSR count). The molecule has 46 valence electrons. The Labute approximate surface area is 56.5 Å². The van der Waals surface area contributed by atoms with Crippen molar-refractivity contribution >= 4 is 17.4 Å². The van der Waals surface area contributed by atoms with Crippen molar-refractivity contribution in [1.29, 1.82) is 10.5 Å². The van der Waals surface area contributed by atoms with E-state index in [9.17, 15) is 0 Å². The van der Waals surface area contributed by atoms with Crippen LogP contribution >= 0.6 is 0 Å². The first-order valence-electron chi connectivity index (χ1n) is 2.32. The van der Waals surface area contributed by atoms with Crippen LogP contribution in [0, 0.1) is 22.7 Å². The van der Waals surface area contributed by atoms with E-state index >= 15 is 0 Å². The van der Waals surface area contributed by atoms with E-state index in [2.05, 4.69) is 9.98 Å². The Kier molecular flexibility index (Phi) is 1.27. The lowest BCUT2D eigenvalue weighted by atomic mass is 10.4. The maximum Gasteiger partial charge on any atom is 0.140 e. The van der Waals surface area contributed by atoms with E-state index < -0.39 is 5.84 Å². The second-order valence-corrected chi connectivity index (χ2v) is 1.44. The number of nitriles is 2. The predicted octanol–water partition coefficient (Wildman–Crippen LogP) is -0.145. The van der Waals surface area contributed by atoms with Gasteiger partial charge in [-0.1, -0.05) is 0 Å². The fraction of sp³-hybridized carbons (Fsp3) is 0. The topological polar surface area (TPSA) is 94.6 Å². The fourth-order valence-electron chi connectivity index (χ4n) is 0.459. The summed E-state index contributed by atoms with van der Waals surface area (Å²) in [6.07, 6.45) is 0. The summed E-state index contributed by atoms with van der Waals surface area (Å²) in [4.78, 5) is 6.62. The number of aliphatic imine (C=N–C) groups is 2. The number of amidine groups is 2. The number of hydrogen-bond donors (Lipinski definition) is 0. The lowest BCUT2D eigenvalue weighted by Crippen LogP contribution is -2.00. The van der Waals surface area contributed by atoms with Gasteiger partial charge in [-0.3, -0.25) is 0 Å². The normalized spacial score (nSPS) is 15.2. The predicted molar refractivity (Wildman–Crippen MR) is 34.5 cm³/mol. The molecule has 0 unspecified atom stereocenters. The molecule has 0 atom stereocenters. The second kappa shape index (κ2) is 2.08. The minimum atomic E-state index is -0.487. The van der Waals surface area contributed by atoms with Crippen molar-refractivity contribution in [1.82, 2.24) is 0 Å². The van der Waals surface area contributed by atoms with Gasteiger partial charge in [-0.2, -0.15) is 10.5 Å². The Hall–Kier alpha value is -2.01. The smallest absolute Gasteiger partial charge is 0.140 e. The molecule has 0 bridgehead atoms. The van der Waals surface area contributed by atoms with Gasteiger partial charge in [0.15, 0.2) is 0 Å². The van der Waals surface area contributed by atoms with Gasteiger partial charge in [0.05, 0.1) is 0 Å². The highest BCUT2D eigenvalue weighted by atomic mass is 15.0. The lowest BCUT2D eigenvalue weighted by molar-refractivity contribution is 1.52. The van der Waals surface area contributed by atoms with E-state index in [1.807, 2.05) is 0 Å². The molecule has 0 spiro atoms. The second-order valence-electron chi connectivity index (χ2n) is 1.44. The molecular weight excluding hydrogens is 130 g/mol. The maximum absolute atomic E-state index is 8.72. The zero-order valence-corrected chi connectivity index (χ0v) is 4.74. The molecule has 1 aliphatic rings. The van der Waals surface area contributed by atoms with Crippen LogP contribution in [0.1, 0.15) is 0 Å². The van der Waals surface area contributed by atoms with E-state index in [4.69, 9.17) is 15.9 Å². The highest BCUT2D eigenvalue weighted by molar-refractivity contribution is 6.54. The first-order chi connectivity index (χ1) is 4.77. The van der Waals surface area contributed by atoms with Gasteiger partial charge in [-0.05, 0) is 5.84 Å². The molecule has 0 aromatic carbocycles. The van der Waals surface area contributed by atoms with Gasteiger partial charge in [0, 0.05) is 0 Å². The standard InChI is InChI=1S/C5N5/c6-1-3-5(8)10-4(2-7)9-3/q-1. The summed E-state index contributed by atoms with van der Waals surface area (Å²) in [6, 6.07) is 3.16. The van der Waals surface area contributed by atoms with Crippen LogP contribution in [0.5, 0.6) is 0 Å². The summed E-state index contributed by atoms with van der Waals surface area (Å²) in [5, 5.41) is 25.1. The number of hydrogen-bond acceptors (Lipinski definition) is 3. The van der Waals surface area contributed by atoms with Crippen molar-refractivity contribution in [3.05, 3.63) is 5.41 Å². The minimum absolute atomic E-state index is 0.186. The summed E-state index contributed by atoms with van der Waals surface area (Å²) in [6.45, 7) is 0. The van der Waals surface area contributed by atoms with E-state index in [0.29, 0.717) is 0 Å². The van der Waals surface area contributed by atoms with Crippen molar-refractivity contribution in [2.24, 2.45) is 9.98 Å². The SMILES string of the molecule is N#CC1=NC(=[N-])C(C#N)=N1.